The quantitative estimate of drug-likeness (QED) is 0.920. The molecule has 0 aromatic carbocycles. The first-order valence-electron chi connectivity index (χ1n) is 7.63. The van der Waals surface area contributed by atoms with Crippen LogP contribution in [0.4, 0.5) is 4.79 Å². The maximum Gasteiger partial charge on any atom is 0.410 e. The summed E-state index contributed by atoms with van der Waals surface area (Å²) < 4.78 is 5.37. The predicted molar refractivity (Wildman–Crippen MR) is 83.4 cm³/mol. The zero-order valence-electron chi connectivity index (χ0n) is 13.5. The molecule has 1 aromatic heterocycles. The molecule has 1 aromatic rings. The van der Waals surface area contributed by atoms with Gasteiger partial charge < -0.3 is 14.7 Å². The zero-order valence-corrected chi connectivity index (χ0v) is 13.5. The van der Waals surface area contributed by atoms with Gasteiger partial charge in [-0.2, -0.15) is 0 Å². The third-order valence-electron chi connectivity index (χ3n) is 3.55. The van der Waals surface area contributed by atoms with Gasteiger partial charge in [0.15, 0.2) is 0 Å². The molecule has 2 rings (SSSR count). The number of piperazine rings is 1. The van der Waals surface area contributed by atoms with Crippen molar-refractivity contribution in [1.29, 1.82) is 0 Å². The van der Waals surface area contributed by atoms with Crippen molar-refractivity contribution >= 4 is 6.09 Å². The fraction of sp³-hybridized carbons (Fsp3) is 0.625. The first kappa shape index (κ1) is 16.7. The summed E-state index contributed by atoms with van der Waals surface area (Å²) in [6.07, 6.45) is 2.57. The molecule has 1 saturated heterocycles. The number of rotatable bonds is 3. The van der Waals surface area contributed by atoms with E-state index in [1.165, 1.54) is 0 Å². The van der Waals surface area contributed by atoms with Crippen LogP contribution in [-0.2, 0) is 4.74 Å². The van der Waals surface area contributed by atoms with Crippen molar-refractivity contribution in [2.45, 2.75) is 32.5 Å². The number of carbonyl (C=O) groups is 1. The van der Waals surface area contributed by atoms with E-state index in [4.69, 9.17) is 4.74 Å². The minimum atomic E-state index is -0.531. The summed E-state index contributed by atoms with van der Waals surface area (Å²) in [5, 5.41) is 10.2. The molecule has 1 amide bonds. The molecular weight excluding hydrogens is 282 g/mol. The van der Waals surface area contributed by atoms with Gasteiger partial charge >= 0.3 is 6.09 Å². The van der Waals surface area contributed by atoms with Crippen LogP contribution in [0.1, 0.15) is 32.4 Å². The summed E-state index contributed by atoms with van der Waals surface area (Å²) in [6.45, 7) is 8.88. The Kier molecular flexibility index (Phi) is 5.37. The van der Waals surface area contributed by atoms with Crippen molar-refractivity contribution in [2.75, 3.05) is 32.7 Å². The van der Waals surface area contributed by atoms with Gasteiger partial charge in [0.2, 0.25) is 0 Å². The molecule has 2 heterocycles. The predicted octanol–water partition coefficient (Wildman–Crippen LogP) is 1.67. The van der Waals surface area contributed by atoms with Crippen LogP contribution in [-0.4, -0.2) is 64.3 Å². The first-order chi connectivity index (χ1) is 10.3. The lowest BCUT2D eigenvalue weighted by Crippen LogP contribution is -2.50. The summed E-state index contributed by atoms with van der Waals surface area (Å²) in [4.78, 5) is 19.8. The minimum absolute atomic E-state index is 0.262. The molecule has 22 heavy (non-hydrogen) atoms. The van der Waals surface area contributed by atoms with Crippen molar-refractivity contribution < 1.29 is 14.6 Å². The number of nitrogens with zero attached hydrogens (tertiary/aromatic N) is 3. The molecule has 1 fully saturated rings. The molecule has 0 bridgehead atoms. The first-order valence-corrected chi connectivity index (χ1v) is 7.63. The van der Waals surface area contributed by atoms with Crippen LogP contribution in [0.25, 0.3) is 0 Å². The molecule has 1 atom stereocenters. The molecule has 122 valence electrons. The Balaban J connectivity index is 1.79. The zero-order chi connectivity index (χ0) is 16.2. The molecule has 1 unspecified atom stereocenters. The lowest BCUT2D eigenvalue weighted by molar-refractivity contribution is 0.0101. The third-order valence-corrected chi connectivity index (χ3v) is 3.55. The van der Waals surface area contributed by atoms with Crippen LogP contribution >= 0.6 is 0 Å². The summed E-state index contributed by atoms with van der Waals surface area (Å²) in [6, 6.07) is 3.64. The van der Waals surface area contributed by atoms with E-state index in [9.17, 15) is 9.90 Å². The maximum absolute atomic E-state index is 12.0. The van der Waals surface area contributed by atoms with Crippen molar-refractivity contribution in [3.8, 4) is 0 Å². The average Bonchev–Trinajstić information content (AvgIpc) is 2.47. The Morgan fingerprint density at radius 1 is 1.27 bits per heavy atom. The molecule has 1 aliphatic heterocycles. The maximum atomic E-state index is 12.0. The Hall–Kier alpha value is -1.66. The largest absolute Gasteiger partial charge is 0.444 e. The topological polar surface area (TPSA) is 65.9 Å². The molecule has 0 spiro atoms. The van der Waals surface area contributed by atoms with E-state index in [0.717, 1.165) is 18.7 Å². The van der Waals surface area contributed by atoms with Gasteiger partial charge in [-0.25, -0.2) is 4.79 Å². The van der Waals surface area contributed by atoms with Crippen LogP contribution in [0.15, 0.2) is 24.5 Å². The Morgan fingerprint density at radius 2 is 1.86 bits per heavy atom. The highest BCUT2D eigenvalue weighted by Crippen LogP contribution is 2.16. The molecule has 6 heteroatoms. The lowest BCUT2D eigenvalue weighted by atomic mass is 10.1. The summed E-state index contributed by atoms with van der Waals surface area (Å²) in [7, 11) is 0. The molecule has 1 N–H and O–H groups in total. The lowest BCUT2D eigenvalue weighted by Gasteiger charge is -2.36. The average molecular weight is 307 g/mol. The molecule has 0 radical (unpaired) electrons. The van der Waals surface area contributed by atoms with E-state index < -0.39 is 11.7 Å². The van der Waals surface area contributed by atoms with Crippen molar-refractivity contribution in [3.63, 3.8) is 0 Å². The number of aliphatic hydroxyl groups excluding tert-OH is 1. The molecule has 0 saturated carbocycles. The fourth-order valence-corrected chi connectivity index (χ4v) is 2.38. The van der Waals surface area contributed by atoms with Gasteiger partial charge in [-0.05, 0) is 38.5 Å². The van der Waals surface area contributed by atoms with E-state index in [1.807, 2.05) is 32.9 Å². The second kappa shape index (κ2) is 7.07. The highest BCUT2D eigenvalue weighted by molar-refractivity contribution is 5.68. The van der Waals surface area contributed by atoms with Gasteiger partial charge in [-0.15, -0.1) is 0 Å². The van der Waals surface area contributed by atoms with Gasteiger partial charge in [-0.1, -0.05) is 0 Å². The monoisotopic (exact) mass is 307 g/mol. The number of aliphatic hydroxyl groups is 1. The number of hydrogen-bond acceptors (Lipinski definition) is 5. The standard InChI is InChI=1S/C16H25N3O3/c1-16(2,3)22-15(21)19-10-8-18(9-11-19)12-14(20)13-4-6-17-7-5-13/h4-7,14,20H,8-12H2,1-3H3. The summed E-state index contributed by atoms with van der Waals surface area (Å²) in [5.41, 5.74) is 0.399. The summed E-state index contributed by atoms with van der Waals surface area (Å²) in [5.74, 6) is 0. The van der Waals surface area contributed by atoms with Crippen molar-refractivity contribution in [2.24, 2.45) is 0 Å². The van der Waals surface area contributed by atoms with Crippen LogP contribution in [0, 0.1) is 0 Å². The minimum Gasteiger partial charge on any atom is -0.444 e. The molecule has 1 aliphatic rings. The number of carbonyl (C=O) groups excluding carboxylic acids is 1. The molecule has 6 nitrogen and oxygen atoms in total. The van der Waals surface area contributed by atoms with E-state index in [1.54, 1.807) is 17.3 Å². The number of β-amino-alcohol motifs (C(OH)–C–C–N with tert-alkyl or cyclic N) is 1. The normalized spacial score (nSPS) is 18.1. The van der Waals surface area contributed by atoms with E-state index in [0.29, 0.717) is 19.6 Å². The van der Waals surface area contributed by atoms with Crippen molar-refractivity contribution in [1.82, 2.24) is 14.8 Å². The van der Waals surface area contributed by atoms with E-state index in [-0.39, 0.29) is 6.09 Å². The van der Waals surface area contributed by atoms with Crippen molar-refractivity contribution in [3.05, 3.63) is 30.1 Å². The second-order valence-corrected chi connectivity index (χ2v) is 6.56. The number of amides is 1. The molecular formula is C16H25N3O3. The Labute approximate surface area is 131 Å². The van der Waals surface area contributed by atoms with Gasteiger partial charge in [-0.3, -0.25) is 9.88 Å². The van der Waals surface area contributed by atoms with Crippen LogP contribution in [0.2, 0.25) is 0 Å². The SMILES string of the molecule is CC(C)(C)OC(=O)N1CCN(CC(O)c2ccncc2)CC1. The van der Waals surface area contributed by atoms with E-state index in [2.05, 4.69) is 9.88 Å². The van der Waals surface area contributed by atoms with Gasteiger partial charge in [0, 0.05) is 45.1 Å². The van der Waals surface area contributed by atoms with E-state index >= 15 is 0 Å². The number of pyridine rings is 1. The van der Waals surface area contributed by atoms with Crippen LogP contribution in [0.5, 0.6) is 0 Å². The summed E-state index contributed by atoms with van der Waals surface area (Å²) >= 11 is 0. The third kappa shape index (κ3) is 4.96. The highest BCUT2D eigenvalue weighted by Gasteiger charge is 2.26. The van der Waals surface area contributed by atoms with Crippen LogP contribution < -0.4 is 0 Å². The van der Waals surface area contributed by atoms with Crippen LogP contribution in [0.3, 0.4) is 0 Å². The number of aromatic nitrogens is 1. The number of hydrogen-bond donors (Lipinski definition) is 1. The smallest absolute Gasteiger partial charge is 0.410 e. The second-order valence-electron chi connectivity index (χ2n) is 6.56. The Bertz CT molecular complexity index is 479. The fourth-order valence-electron chi connectivity index (χ4n) is 2.38. The Morgan fingerprint density at radius 3 is 2.41 bits per heavy atom. The van der Waals surface area contributed by atoms with Gasteiger partial charge in [0.1, 0.15) is 5.60 Å². The van der Waals surface area contributed by atoms with Gasteiger partial charge in [0.25, 0.3) is 0 Å². The highest BCUT2D eigenvalue weighted by atomic mass is 16.6. The van der Waals surface area contributed by atoms with Gasteiger partial charge in [0.05, 0.1) is 6.10 Å². The number of ether oxygens (including phenoxy) is 1. The molecule has 0 aliphatic carbocycles.